The van der Waals surface area contributed by atoms with Gasteiger partial charge >= 0.3 is 0 Å². The summed E-state index contributed by atoms with van der Waals surface area (Å²) in [4.78, 5) is 4.42. The Morgan fingerprint density at radius 1 is 1.00 bits per heavy atom. The number of allylic oxidation sites excluding steroid dienone is 4. The van der Waals surface area contributed by atoms with E-state index >= 15 is 0 Å². The van der Waals surface area contributed by atoms with Crippen molar-refractivity contribution in [2.24, 2.45) is 15.8 Å². The third-order valence-corrected chi connectivity index (χ3v) is 2.12. The van der Waals surface area contributed by atoms with Crippen molar-refractivity contribution in [1.82, 2.24) is 0 Å². The second kappa shape index (κ2) is 3.13. The van der Waals surface area contributed by atoms with Crippen LogP contribution in [0.15, 0.2) is 28.9 Å². The molecule has 1 heteroatoms. The van der Waals surface area contributed by atoms with Gasteiger partial charge in [-0.15, -0.1) is 0 Å². The number of aliphatic imine (C=N–C) groups is 1. The molecule has 0 aromatic rings. The van der Waals surface area contributed by atoms with Crippen LogP contribution in [-0.2, 0) is 0 Å². The van der Waals surface area contributed by atoms with Crippen molar-refractivity contribution in [3.05, 3.63) is 23.9 Å². The fraction of sp³-hybridized carbons (Fsp3) is 0.583. The molecule has 0 radical (unpaired) electrons. The first-order valence-electron chi connectivity index (χ1n) is 4.76. The van der Waals surface area contributed by atoms with E-state index in [1.165, 1.54) is 0 Å². The summed E-state index contributed by atoms with van der Waals surface area (Å²) in [6.07, 6.45) is 8.67. The topological polar surface area (TPSA) is 12.4 Å². The van der Waals surface area contributed by atoms with E-state index in [0.717, 1.165) is 5.70 Å². The highest BCUT2D eigenvalue weighted by atomic mass is 14.7. The van der Waals surface area contributed by atoms with Crippen LogP contribution < -0.4 is 0 Å². The molecule has 13 heavy (non-hydrogen) atoms. The van der Waals surface area contributed by atoms with E-state index in [-0.39, 0.29) is 10.8 Å². The standard InChI is InChI=1S/C12H19N/c1-10-8-11(2,3)6-7-12(4,5)9-13-10/h6-9H,1-5H3/b7-6-,10-8-,13-9-. The molecule has 1 aliphatic heterocycles. The molecule has 72 valence electrons. The Kier molecular flexibility index (Phi) is 2.47. The van der Waals surface area contributed by atoms with E-state index < -0.39 is 0 Å². The van der Waals surface area contributed by atoms with Crippen LogP contribution in [0.1, 0.15) is 34.6 Å². The Labute approximate surface area is 81.3 Å². The average molecular weight is 177 g/mol. The fourth-order valence-electron chi connectivity index (χ4n) is 1.36. The monoisotopic (exact) mass is 177 g/mol. The van der Waals surface area contributed by atoms with Gasteiger partial charge in [-0.05, 0) is 6.92 Å². The summed E-state index contributed by atoms with van der Waals surface area (Å²) in [7, 11) is 0. The van der Waals surface area contributed by atoms with Gasteiger partial charge in [0, 0.05) is 22.7 Å². The first-order valence-corrected chi connectivity index (χ1v) is 4.76. The third kappa shape index (κ3) is 3.17. The molecule has 1 heterocycles. The van der Waals surface area contributed by atoms with E-state index in [4.69, 9.17) is 0 Å². The summed E-state index contributed by atoms with van der Waals surface area (Å²) in [5.41, 5.74) is 1.30. The summed E-state index contributed by atoms with van der Waals surface area (Å²) in [6.45, 7) is 10.8. The van der Waals surface area contributed by atoms with Crippen LogP contribution in [0.3, 0.4) is 0 Å². The zero-order valence-electron chi connectivity index (χ0n) is 9.26. The number of rotatable bonds is 0. The van der Waals surface area contributed by atoms with Gasteiger partial charge < -0.3 is 0 Å². The number of hydrogen-bond acceptors (Lipinski definition) is 1. The third-order valence-electron chi connectivity index (χ3n) is 2.12. The van der Waals surface area contributed by atoms with Crippen molar-refractivity contribution in [2.75, 3.05) is 0 Å². The number of nitrogens with zero attached hydrogens (tertiary/aromatic N) is 1. The molecule has 0 aromatic carbocycles. The smallest absolute Gasteiger partial charge is 0.0337 e. The van der Waals surface area contributed by atoms with Crippen molar-refractivity contribution in [2.45, 2.75) is 34.6 Å². The van der Waals surface area contributed by atoms with E-state index in [1.807, 2.05) is 13.1 Å². The molecule has 0 aliphatic carbocycles. The largest absolute Gasteiger partial charge is 0.265 e. The van der Waals surface area contributed by atoms with Crippen LogP contribution in [0.5, 0.6) is 0 Å². The molecule has 0 bridgehead atoms. The Morgan fingerprint density at radius 2 is 1.54 bits per heavy atom. The lowest BCUT2D eigenvalue weighted by Gasteiger charge is -2.22. The minimum Gasteiger partial charge on any atom is -0.265 e. The minimum absolute atomic E-state index is 0.0762. The first-order chi connectivity index (χ1) is 5.81. The van der Waals surface area contributed by atoms with Gasteiger partial charge in [-0.1, -0.05) is 45.9 Å². The lowest BCUT2D eigenvalue weighted by atomic mass is 9.85. The lowest BCUT2D eigenvalue weighted by molar-refractivity contribution is 0.592. The summed E-state index contributed by atoms with van der Waals surface area (Å²) < 4.78 is 0. The van der Waals surface area contributed by atoms with Gasteiger partial charge in [-0.3, -0.25) is 4.99 Å². The fourth-order valence-corrected chi connectivity index (χ4v) is 1.36. The van der Waals surface area contributed by atoms with E-state index in [9.17, 15) is 0 Å². The molecule has 1 rings (SSSR count). The van der Waals surface area contributed by atoms with Crippen LogP contribution in [-0.4, -0.2) is 6.21 Å². The van der Waals surface area contributed by atoms with Crippen LogP contribution in [0.2, 0.25) is 0 Å². The summed E-state index contributed by atoms with van der Waals surface area (Å²) in [6, 6.07) is 0. The van der Waals surface area contributed by atoms with Crippen molar-refractivity contribution < 1.29 is 0 Å². The van der Waals surface area contributed by atoms with Gasteiger partial charge in [0.05, 0.1) is 0 Å². The molecule has 1 nitrogen and oxygen atoms in total. The van der Waals surface area contributed by atoms with Crippen molar-refractivity contribution in [1.29, 1.82) is 0 Å². The van der Waals surface area contributed by atoms with Gasteiger partial charge in [0.15, 0.2) is 0 Å². The van der Waals surface area contributed by atoms with Crippen LogP contribution in [0.25, 0.3) is 0 Å². The van der Waals surface area contributed by atoms with Gasteiger partial charge in [-0.25, -0.2) is 0 Å². The predicted molar refractivity (Wildman–Crippen MR) is 59.0 cm³/mol. The summed E-state index contributed by atoms with van der Waals surface area (Å²) in [5, 5.41) is 0. The maximum absolute atomic E-state index is 4.42. The highest BCUT2D eigenvalue weighted by Crippen LogP contribution is 2.27. The summed E-state index contributed by atoms with van der Waals surface area (Å²) in [5.74, 6) is 0. The van der Waals surface area contributed by atoms with Gasteiger partial charge in [0.1, 0.15) is 0 Å². The Balaban J connectivity index is 3.10. The zero-order chi connectivity index (χ0) is 10.1. The highest BCUT2D eigenvalue weighted by Gasteiger charge is 2.17. The van der Waals surface area contributed by atoms with Crippen molar-refractivity contribution in [3.63, 3.8) is 0 Å². The van der Waals surface area contributed by atoms with E-state index in [0.29, 0.717) is 0 Å². The van der Waals surface area contributed by atoms with Crippen molar-refractivity contribution >= 4 is 6.21 Å². The van der Waals surface area contributed by atoms with Gasteiger partial charge in [0.25, 0.3) is 0 Å². The molecule has 1 aliphatic rings. The molecule has 0 saturated carbocycles. The van der Waals surface area contributed by atoms with Crippen molar-refractivity contribution in [3.8, 4) is 0 Å². The van der Waals surface area contributed by atoms with E-state index in [1.54, 1.807) is 0 Å². The van der Waals surface area contributed by atoms with Crippen LogP contribution in [0.4, 0.5) is 0 Å². The van der Waals surface area contributed by atoms with E-state index in [2.05, 4.69) is 50.9 Å². The molecule has 0 atom stereocenters. The SMILES string of the molecule is CC1=C/C(C)(C)/C=C\C(C)(C)/C=N\1. The Bertz CT molecular complexity index is 277. The number of hydrogen-bond donors (Lipinski definition) is 0. The molecule has 0 unspecified atom stereocenters. The molecular formula is C12H19N. The normalized spacial score (nSPS) is 33.8. The Hall–Kier alpha value is -0.850. The van der Waals surface area contributed by atoms with Gasteiger partial charge in [0.2, 0.25) is 0 Å². The van der Waals surface area contributed by atoms with Crippen LogP contribution in [0, 0.1) is 10.8 Å². The second-order valence-electron chi connectivity index (χ2n) is 5.02. The predicted octanol–water partition coefficient (Wildman–Crippen LogP) is 3.58. The quantitative estimate of drug-likeness (QED) is 0.501. The first kappa shape index (κ1) is 10.2. The summed E-state index contributed by atoms with van der Waals surface area (Å²) >= 11 is 0. The minimum atomic E-state index is 0.0762. The maximum atomic E-state index is 4.42. The Morgan fingerprint density at radius 3 is 2.15 bits per heavy atom. The molecule has 0 aromatic heterocycles. The molecule has 0 amide bonds. The molecule has 0 spiro atoms. The molecule has 0 fully saturated rings. The molecule has 0 saturated heterocycles. The second-order valence-corrected chi connectivity index (χ2v) is 5.02. The maximum Gasteiger partial charge on any atom is 0.0337 e. The highest BCUT2D eigenvalue weighted by molar-refractivity contribution is 5.69. The lowest BCUT2D eigenvalue weighted by Crippen LogP contribution is -2.14. The zero-order valence-corrected chi connectivity index (χ0v) is 9.26. The molecule has 0 N–H and O–H groups in total. The molecular weight excluding hydrogens is 158 g/mol. The van der Waals surface area contributed by atoms with Crippen LogP contribution >= 0.6 is 0 Å². The van der Waals surface area contributed by atoms with Gasteiger partial charge in [-0.2, -0.15) is 0 Å². The average Bonchev–Trinajstić information content (AvgIpc) is 1.96.